The molecule has 55 heavy (non-hydrogen) atoms. The second-order valence-corrected chi connectivity index (χ2v) is 15.3. The molecule has 0 bridgehead atoms. The number of nitrogens with zero attached hydrogens (tertiary/aromatic N) is 2. The minimum absolute atomic E-state index is 0.0437. The number of anilines is 4. The lowest BCUT2D eigenvalue weighted by Gasteiger charge is -2.50. The van der Waals surface area contributed by atoms with Gasteiger partial charge in [0, 0.05) is 22.3 Å². The van der Waals surface area contributed by atoms with Gasteiger partial charge in [-0.3, -0.25) is 29.5 Å². The van der Waals surface area contributed by atoms with Gasteiger partial charge >= 0.3 is 0 Å². The van der Waals surface area contributed by atoms with Crippen molar-refractivity contribution < 1.29 is 24.3 Å². The Bertz CT molecular complexity index is 2380. The lowest BCUT2D eigenvalue weighted by molar-refractivity contribution is -0.138. The van der Waals surface area contributed by atoms with Crippen molar-refractivity contribution in [2.75, 3.05) is 15.6 Å². The number of hydrogen-bond donors (Lipinski definition) is 3. The predicted octanol–water partition coefficient (Wildman–Crippen LogP) is 8.29. The number of carbonyl (C=O) groups is 4. The molecule has 2 heterocycles. The Morgan fingerprint density at radius 3 is 2.07 bits per heavy atom. The summed E-state index contributed by atoms with van der Waals surface area (Å²) in [5, 5.41) is 15.1. The Hall–Kier alpha value is -6.19. The van der Waals surface area contributed by atoms with Crippen LogP contribution in [0.25, 0.3) is 0 Å². The molecule has 6 unspecified atom stereocenters. The van der Waals surface area contributed by atoms with Crippen molar-refractivity contribution in [3.8, 4) is 5.75 Å². The summed E-state index contributed by atoms with van der Waals surface area (Å²) < 4.78 is 0. The van der Waals surface area contributed by atoms with E-state index < -0.39 is 46.8 Å². The number of phenols is 1. The Balaban J connectivity index is 1.15. The van der Waals surface area contributed by atoms with Gasteiger partial charge in [0.05, 0.1) is 34.5 Å². The summed E-state index contributed by atoms with van der Waals surface area (Å²) in [7, 11) is 0. The summed E-state index contributed by atoms with van der Waals surface area (Å²) in [5.41, 5.74) is 7.42. The number of allylic oxidation sites excluding steroid dienone is 2. The van der Waals surface area contributed by atoms with Crippen LogP contribution in [0.2, 0.25) is 5.02 Å². The maximum Gasteiger partial charge on any atom is 0.260 e. The van der Waals surface area contributed by atoms with Crippen molar-refractivity contribution in [2.45, 2.75) is 31.1 Å². The van der Waals surface area contributed by atoms with Gasteiger partial charge < -0.3 is 10.4 Å². The first-order valence-corrected chi connectivity index (χ1v) is 18.8. The van der Waals surface area contributed by atoms with E-state index >= 15 is 4.79 Å². The second-order valence-electron chi connectivity index (χ2n) is 14.8. The summed E-state index contributed by atoms with van der Waals surface area (Å²) in [5.74, 6) is -5.19. The number of nitrogens with one attached hydrogen (secondary N) is 2. The lowest BCUT2D eigenvalue weighted by atomic mass is 9.49. The molecular formula is C45H37ClN4O5. The minimum Gasteiger partial charge on any atom is -0.508 e. The fourth-order valence-corrected chi connectivity index (χ4v) is 9.76. The molecule has 9 nitrogen and oxygen atoms in total. The van der Waals surface area contributed by atoms with Crippen molar-refractivity contribution in [1.29, 1.82) is 0 Å². The van der Waals surface area contributed by atoms with E-state index in [2.05, 4.69) is 10.7 Å². The van der Waals surface area contributed by atoms with E-state index in [-0.39, 0.29) is 35.4 Å². The van der Waals surface area contributed by atoms with Gasteiger partial charge in [0.2, 0.25) is 11.8 Å². The van der Waals surface area contributed by atoms with Crippen LogP contribution in [-0.2, 0) is 24.6 Å². The molecule has 274 valence electrons. The molecule has 2 aliphatic carbocycles. The molecule has 4 aliphatic rings. The van der Waals surface area contributed by atoms with E-state index in [1.165, 1.54) is 17.0 Å². The molecule has 2 aliphatic heterocycles. The van der Waals surface area contributed by atoms with E-state index in [1.54, 1.807) is 18.2 Å². The van der Waals surface area contributed by atoms with Gasteiger partial charge in [0.25, 0.3) is 11.8 Å². The first-order chi connectivity index (χ1) is 26.7. The summed E-state index contributed by atoms with van der Waals surface area (Å²) in [6, 6.07) is 38.3. The number of para-hydroxylation sites is 1. The van der Waals surface area contributed by atoms with Crippen LogP contribution < -0.4 is 15.6 Å². The topological polar surface area (TPSA) is 119 Å². The van der Waals surface area contributed by atoms with E-state index in [0.29, 0.717) is 22.5 Å². The number of amides is 4. The van der Waals surface area contributed by atoms with Gasteiger partial charge in [-0.25, -0.2) is 0 Å². The zero-order valence-corrected chi connectivity index (χ0v) is 30.6. The molecule has 3 N–H and O–H groups in total. The van der Waals surface area contributed by atoms with Gasteiger partial charge in [0.15, 0.2) is 0 Å². The molecule has 3 fully saturated rings. The number of rotatable bonds is 7. The van der Waals surface area contributed by atoms with Gasteiger partial charge in [-0.15, -0.1) is 0 Å². The maximum absolute atomic E-state index is 15.3. The van der Waals surface area contributed by atoms with E-state index in [0.717, 1.165) is 27.5 Å². The zero-order valence-electron chi connectivity index (χ0n) is 29.9. The number of hydrogen-bond acceptors (Lipinski definition) is 7. The van der Waals surface area contributed by atoms with Crippen LogP contribution >= 0.6 is 11.6 Å². The van der Waals surface area contributed by atoms with Gasteiger partial charge in [0.1, 0.15) is 5.75 Å². The highest BCUT2D eigenvalue weighted by Gasteiger charge is 2.70. The Morgan fingerprint density at radius 1 is 0.727 bits per heavy atom. The number of imide groups is 2. The van der Waals surface area contributed by atoms with E-state index in [1.807, 2.05) is 110 Å². The number of aryl methyl sites for hydroxylation is 1. The molecule has 5 aromatic carbocycles. The van der Waals surface area contributed by atoms with Crippen LogP contribution in [0.5, 0.6) is 5.75 Å². The van der Waals surface area contributed by atoms with Crippen molar-refractivity contribution in [3.63, 3.8) is 0 Å². The molecule has 1 saturated carbocycles. The standard InChI is InChI=1S/C45H37ClN4O5/c1-26-12-14-30(15-13-26)48-50-42(53)37-25-36-33(40(34-21-20-32(51)24-38(34)46)45(37,44(50)55)27-8-4-2-5-9-27)22-23-35-39(36)43(54)49(41(35)52)31-18-16-29(17-19-31)47-28-10-6-3-7-11-28/h2-22,24,35-37,39-40,47-48,51H,23,25H2,1H3. The van der Waals surface area contributed by atoms with Crippen LogP contribution in [0.3, 0.4) is 0 Å². The molecule has 10 heteroatoms. The minimum atomic E-state index is -1.46. The van der Waals surface area contributed by atoms with Gasteiger partial charge in [-0.1, -0.05) is 95.5 Å². The van der Waals surface area contributed by atoms with E-state index in [4.69, 9.17) is 11.6 Å². The van der Waals surface area contributed by atoms with Crippen molar-refractivity contribution >= 4 is 58.0 Å². The molecule has 0 aromatic heterocycles. The third-order valence-electron chi connectivity index (χ3n) is 11.9. The Morgan fingerprint density at radius 2 is 1.38 bits per heavy atom. The fraction of sp³-hybridized carbons (Fsp3) is 0.200. The number of fused-ring (bicyclic) bond motifs is 4. The third kappa shape index (κ3) is 5.44. The summed E-state index contributed by atoms with van der Waals surface area (Å²) in [4.78, 5) is 60.3. The molecule has 0 radical (unpaired) electrons. The number of benzene rings is 5. The Kier molecular flexibility index (Phi) is 8.35. The monoisotopic (exact) mass is 748 g/mol. The van der Waals surface area contributed by atoms with Crippen LogP contribution in [0.4, 0.5) is 22.7 Å². The smallest absolute Gasteiger partial charge is 0.260 e. The zero-order chi connectivity index (χ0) is 38.0. The van der Waals surface area contributed by atoms with Gasteiger partial charge in [-0.05, 0) is 97.5 Å². The molecule has 0 spiro atoms. The summed E-state index contributed by atoms with van der Waals surface area (Å²) in [6.45, 7) is 1.96. The average Bonchev–Trinajstić information content (AvgIpc) is 3.57. The van der Waals surface area contributed by atoms with Crippen molar-refractivity contribution in [2.24, 2.45) is 23.7 Å². The Labute approximate surface area is 323 Å². The lowest BCUT2D eigenvalue weighted by Crippen LogP contribution is -2.53. The van der Waals surface area contributed by atoms with Crippen LogP contribution in [0, 0.1) is 30.6 Å². The summed E-state index contributed by atoms with van der Waals surface area (Å²) >= 11 is 6.98. The second kappa shape index (κ2) is 13.3. The van der Waals surface area contributed by atoms with Crippen LogP contribution in [-0.4, -0.2) is 33.7 Å². The molecular weight excluding hydrogens is 712 g/mol. The van der Waals surface area contributed by atoms with Gasteiger partial charge in [-0.2, -0.15) is 5.01 Å². The van der Waals surface area contributed by atoms with Crippen molar-refractivity contribution in [1.82, 2.24) is 5.01 Å². The third-order valence-corrected chi connectivity index (χ3v) is 12.2. The molecule has 2 saturated heterocycles. The molecule has 4 amide bonds. The molecule has 6 atom stereocenters. The normalized spacial score (nSPS) is 25.6. The maximum atomic E-state index is 15.3. The van der Waals surface area contributed by atoms with E-state index in [9.17, 15) is 19.5 Å². The number of carbonyl (C=O) groups excluding carboxylic acids is 4. The quantitative estimate of drug-likeness (QED) is 0.113. The fourth-order valence-electron chi connectivity index (χ4n) is 9.48. The number of phenolic OH excluding ortho intramolecular Hbond substituents is 1. The first-order valence-electron chi connectivity index (χ1n) is 18.4. The van der Waals surface area contributed by atoms with Crippen molar-refractivity contribution in [3.05, 3.63) is 161 Å². The highest BCUT2D eigenvalue weighted by atomic mass is 35.5. The average molecular weight is 749 g/mol. The number of halogens is 1. The van der Waals surface area contributed by atoms with Crippen LogP contribution in [0.15, 0.2) is 139 Å². The predicted molar refractivity (Wildman–Crippen MR) is 211 cm³/mol. The largest absolute Gasteiger partial charge is 0.508 e. The SMILES string of the molecule is Cc1ccc(NN2C(=O)C3CC4C(=CCC5C(=O)N(c6ccc(Nc7ccccc7)cc6)C(=O)C54)C(c4ccc(O)cc4Cl)C3(c3ccccc3)C2=O)cc1. The highest BCUT2D eigenvalue weighted by molar-refractivity contribution is 6.31. The number of aromatic hydroxyl groups is 1. The highest BCUT2D eigenvalue weighted by Crippen LogP contribution is 2.65. The molecule has 5 aromatic rings. The number of hydrazine groups is 1. The molecule has 9 rings (SSSR count). The van der Waals surface area contributed by atoms with Crippen LogP contribution in [0.1, 0.15) is 35.4 Å². The first kappa shape index (κ1) is 34.6. The summed E-state index contributed by atoms with van der Waals surface area (Å²) in [6.07, 6.45) is 2.44.